The van der Waals surface area contributed by atoms with Crippen molar-refractivity contribution in [2.24, 2.45) is 0 Å². The predicted octanol–water partition coefficient (Wildman–Crippen LogP) is 7.27. The molecule has 0 saturated carbocycles. The Bertz CT molecular complexity index is 1670. The number of hydrogen-bond donors (Lipinski definition) is 2. The highest BCUT2D eigenvalue weighted by Gasteiger charge is 2.41. The Hall–Kier alpha value is -4.79. The molecule has 0 aromatic heterocycles. The van der Waals surface area contributed by atoms with E-state index < -0.39 is 17.2 Å². The highest BCUT2D eigenvalue weighted by Crippen LogP contribution is 2.38. The zero-order valence-electron chi connectivity index (χ0n) is 28.8. The van der Waals surface area contributed by atoms with Crippen LogP contribution >= 0.6 is 0 Å². The maximum atomic E-state index is 14.1. The lowest BCUT2D eigenvalue weighted by atomic mass is 9.76. The van der Waals surface area contributed by atoms with Crippen LogP contribution in [0, 0.1) is 0 Å². The van der Waals surface area contributed by atoms with E-state index in [0.29, 0.717) is 13.2 Å². The van der Waals surface area contributed by atoms with Gasteiger partial charge in [-0.15, -0.1) is 0 Å². The summed E-state index contributed by atoms with van der Waals surface area (Å²) in [5, 5.41) is 8.02. The van der Waals surface area contributed by atoms with Crippen molar-refractivity contribution < 1.29 is 14.3 Å². The Morgan fingerprint density at radius 3 is 1.73 bits per heavy atom. The van der Waals surface area contributed by atoms with Gasteiger partial charge in [-0.25, -0.2) is 5.01 Å². The van der Waals surface area contributed by atoms with Crippen LogP contribution in [0.2, 0.25) is 0 Å². The number of hydrazine groups is 2. The molecule has 1 saturated heterocycles. The van der Waals surface area contributed by atoms with Crippen molar-refractivity contribution in [3.63, 3.8) is 0 Å². The van der Waals surface area contributed by atoms with E-state index in [1.54, 1.807) is 0 Å². The van der Waals surface area contributed by atoms with E-state index in [1.807, 2.05) is 113 Å². The molecule has 49 heavy (non-hydrogen) atoms. The summed E-state index contributed by atoms with van der Waals surface area (Å²) in [4.78, 5) is 14.1. The number of rotatable bonds is 12. The van der Waals surface area contributed by atoms with Crippen LogP contribution in [-0.4, -0.2) is 48.0 Å². The third-order valence-corrected chi connectivity index (χ3v) is 8.80. The summed E-state index contributed by atoms with van der Waals surface area (Å²) in [6.07, 6.45) is 0.417. The average Bonchev–Trinajstić information content (AvgIpc) is 3.50. The number of ether oxygens (including phenoxy) is 2. The minimum absolute atomic E-state index is 0.235. The first-order valence-electron chi connectivity index (χ1n) is 16.9. The number of nitrogens with zero attached hydrogens (tertiary/aromatic N) is 2. The molecule has 1 heterocycles. The molecule has 7 heteroatoms. The molecule has 5 aromatic rings. The highest BCUT2D eigenvalue weighted by molar-refractivity contribution is 5.77. The fraction of sp³-hybridized carbons (Fsp3) is 0.262. The average molecular weight is 655 g/mol. The zero-order valence-corrected chi connectivity index (χ0v) is 28.8. The molecule has 6 rings (SSSR count). The summed E-state index contributed by atoms with van der Waals surface area (Å²) < 4.78 is 12.2. The lowest BCUT2D eigenvalue weighted by Crippen LogP contribution is -2.54. The fourth-order valence-electron chi connectivity index (χ4n) is 6.50. The standard InChI is InChI=1S/C42H46N4O3/c1-41(2,3)49-40(47)38(43-42(34-19-11-6-12-20-34,35-21-13-7-14-22-35)36-23-15-8-16-24-36)29-32-25-27-37(28-26-32)48-31-46-30-39(45(4)44-46)33-17-9-5-10-18-33/h5-28,38-39,43-44H,29-31H2,1-4H3/t38-,39?/m1/s1. The van der Waals surface area contributed by atoms with Gasteiger partial charge in [0.2, 0.25) is 0 Å². The number of esters is 1. The largest absolute Gasteiger partial charge is 0.477 e. The smallest absolute Gasteiger partial charge is 0.324 e. The molecule has 7 nitrogen and oxygen atoms in total. The monoisotopic (exact) mass is 654 g/mol. The molecule has 252 valence electrons. The molecule has 1 aliphatic heterocycles. The summed E-state index contributed by atoms with van der Waals surface area (Å²) in [5.74, 6) is 0.447. The third kappa shape index (κ3) is 8.27. The highest BCUT2D eigenvalue weighted by atomic mass is 16.6. The number of carbonyl (C=O) groups is 1. The van der Waals surface area contributed by atoms with Crippen LogP contribution < -0.4 is 15.6 Å². The van der Waals surface area contributed by atoms with Gasteiger partial charge in [0, 0.05) is 13.6 Å². The van der Waals surface area contributed by atoms with E-state index in [4.69, 9.17) is 9.47 Å². The van der Waals surface area contributed by atoms with Crippen molar-refractivity contribution in [3.8, 4) is 5.75 Å². The van der Waals surface area contributed by atoms with Gasteiger partial charge in [0.25, 0.3) is 0 Å². The predicted molar refractivity (Wildman–Crippen MR) is 194 cm³/mol. The van der Waals surface area contributed by atoms with Crippen molar-refractivity contribution in [2.75, 3.05) is 20.3 Å². The summed E-state index contributed by atoms with van der Waals surface area (Å²) in [6.45, 7) is 6.91. The molecule has 2 atom stereocenters. The van der Waals surface area contributed by atoms with Crippen molar-refractivity contribution >= 4 is 5.97 Å². The van der Waals surface area contributed by atoms with Crippen molar-refractivity contribution in [1.82, 2.24) is 20.9 Å². The van der Waals surface area contributed by atoms with E-state index in [2.05, 4.69) is 81.5 Å². The Morgan fingerprint density at radius 2 is 1.24 bits per heavy atom. The Balaban J connectivity index is 1.25. The van der Waals surface area contributed by atoms with Crippen LogP contribution in [0.3, 0.4) is 0 Å². The van der Waals surface area contributed by atoms with E-state index in [0.717, 1.165) is 34.5 Å². The van der Waals surface area contributed by atoms with Crippen molar-refractivity contribution in [3.05, 3.63) is 173 Å². The summed E-state index contributed by atoms with van der Waals surface area (Å²) >= 11 is 0. The number of hydrogen-bond acceptors (Lipinski definition) is 7. The molecule has 0 radical (unpaired) electrons. The third-order valence-electron chi connectivity index (χ3n) is 8.80. The van der Waals surface area contributed by atoms with Gasteiger partial charge in [-0.2, -0.15) is 10.5 Å². The minimum Gasteiger partial charge on any atom is -0.477 e. The molecular formula is C42H46N4O3. The van der Waals surface area contributed by atoms with Gasteiger partial charge in [-0.3, -0.25) is 10.1 Å². The number of nitrogens with one attached hydrogen (secondary N) is 2. The summed E-state index contributed by atoms with van der Waals surface area (Å²) in [5.41, 5.74) is 7.23. The zero-order chi connectivity index (χ0) is 34.3. The van der Waals surface area contributed by atoms with E-state index in [9.17, 15) is 4.79 Å². The van der Waals surface area contributed by atoms with Crippen LogP contribution in [0.15, 0.2) is 146 Å². The van der Waals surface area contributed by atoms with Gasteiger partial charge in [0.05, 0.1) is 11.6 Å². The van der Waals surface area contributed by atoms with Gasteiger partial charge < -0.3 is 9.47 Å². The Morgan fingerprint density at radius 1 is 0.755 bits per heavy atom. The molecule has 0 amide bonds. The lowest BCUT2D eigenvalue weighted by molar-refractivity contribution is -0.157. The van der Waals surface area contributed by atoms with E-state index in [-0.39, 0.29) is 12.0 Å². The van der Waals surface area contributed by atoms with Crippen molar-refractivity contribution in [1.29, 1.82) is 0 Å². The second-order valence-electron chi connectivity index (χ2n) is 13.6. The lowest BCUT2D eigenvalue weighted by Gasteiger charge is -2.40. The van der Waals surface area contributed by atoms with E-state index >= 15 is 0 Å². The maximum Gasteiger partial charge on any atom is 0.324 e. The number of likely N-dealkylation sites (N-methyl/N-ethyl adjacent to an activating group) is 1. The molecule has 2 N–H and O–H groups in total. The first-order valence-corrected chi connectivity index (χ1v) is 16.9. The molecule has 1 aliphatic rings. The van der Waals surface area contributed by atoms with Gasteiger partial charge >= 0.3 is 5.97 Å². The minimum atomic E-state index is -0.831. The SMILES string of the molecule is CN1NN(COc2ccc(C[C@@H](NC(c3ccccc3)(c3ccccc3)c3ccccc3)C(=O)OC(C)(C)C)cc2)CC1c1ccccc1. The van der Waals surface area contributed by atoms with Gasteiger partial charge in [-0.1, -0.05) is 133 Å². The van der Waals surface area contributed by atoms with Crippen molar-refractivity contribution in [2.45, 2.75) is 50.4 Å². The van der Waals surface area contributed by atoms with Gasteiger partial charge in [0.1, 0.15) is 17.4 Å². The Labute approximate surface area is 290 Å². The van der Waals surface area contributed by atoms with Crippen LogP contribution in [0.4, 0.5) is 0 Å². The summed E-state index contributed by atoms with van der Waals surface area (Å²) in [7, 11) is 2.05. The van der Waals surface area contributed by atoms with Gasteiger partial charge in [0.15, 0.2) is 6.73 Å². The second-order valence-corrected chi connectivity index (χ2v) is 13.6. The van der Waals surface area contributed by atoms with Crippen LogP contribution in [0.1, 0.15) is 54.6 Å². The number of carbonyl (C=O) groups excluding carboxylic acids is 1. The molecular weight excluding hydrogens is 608 g/mol. The molecule has 1 unspecified atom stereocenters. The van der Waals surface area contributed by atoms with Crippen LogP contribution in [0.5, 0.6) is 5.75 Å². The molecule has 0 spiro atoms. The molecule has 5 aromatic carbocycles. The first-order chi connectivity index (χ1) is 23.7. The quantitative estimate of drug-likeness (QED) is 0.108. The second kappa shape index (κ2) is 15.2. The molecule has 0 aliphatic carbocycles. The van der Waals surface area contributed by atoms with Crippen LogP contribution in [0.25, 0.3) is 0 Å². The molecule has 1 fully saturated rings. The Kier molecular flexibility index (Phi) is 10.6. The van der Waals surface area contributed by atoms with E-state index in [1.165, 1.54) is 5.56 Å². The van der Waals surface area contributed by atoms with Gasteiger partial charge in [-0.05, 0) is 67.1 Å². The first kappa shape index (κ1) is 34.1. The van der Waals surface area contributed by atoms with Crippen LogP contribution in [-0.2, 0) is 21.5 Å². The number of benzene rings is 5. The summed E-state index contributed by atoms with van der Waals surface area (Å²) in [6, 6.07) is 49.0. The fourth-order valence-corrected chi connectivity index (χ4v) is 6.50. The maximum absolute atomic E-state index is 14.1. The normalized spacial score (nSPS) is 16.3. The molecule has 0 bridgehead atoms. The topological polar surface area (TPSA) is 66.1 Å².